The molecule has 0 N–H and O–H groups in total. The van der Waals surface area contributed by atoms with Gasteiger partial charge in [0.25, 0.3) is 0 Å². The summed E-state index contributed by atoms with van der Waals surface area (Å²) in [4.78, 5) is 37.2. The highest BCUT2D eigenvalue weighted by Gasteiger charge is 2.28. The van der Waals surface area contributed by atoms with Crippen molar-refractivity contribution in [2.45, 2.75) is 52.7 Å². The average molecular weight is 375 g/mol. The third-order valence-corrected chi connectivity index (χ3v) is 3.41. The summed E-state index contributed by atoms with van der Waals surface area (Å²) in [6.07, 6.45) is -0.704. The summed E-state index contributed by atoms with van der Waals surface area (Å²) in [7, 11) is 1.28. The summed E-state index contributed by atoms with van der Waals surface area (Å²) >= 11 is 0. The zero-order chi connectivity index (χ0) is 20.6. The minimum Gasteiger partial charge on any atom is -0.465 e. The molecule has 0 aliphatic carbocycles. The maximum atomic E-state index is 12.7. The van der Waals surface area contributed by atoms with Crippen molar-refractivity contribution in [3.8, 4) is 0 Å². The van der Waals surface area contributed by atoms with Gasteiger partial charge in [0.2, 0.25) is 0 Å². The van der Waals surface area contributed by atoms with Crippen LogP contribution in [0.5, 0.6) is 0 Å². The van der Waals surface area contributed by atoms with Crippen molar-refractivity contribution in [2.75, 3.05) is 7.11 Å². The Morgan fingerprint density at radius 2 is 1.44 bits per heavy atom. The fourth-order valence-corrected chi connectivity index (χ4v) is 2.45. The van der Waals surface area contributed by atoms with Gasteiger partial charge in [-0.15, -0.1) is 0 Å². The molecule has 0 saturated heterocycles. The highest BCUT2D eigenvalue weighted by Crippen LogP contribution is 2.25. The van der Waals surface area contributed by atoms with E-state index in [0.717, 1.165) is 4.57 Å². The van der Waals surface area contributed by atoms with Gasteiger partial charge in [0.15, 0.2) is 0 Å². The van der Waals surface area contributed by atoms with Crippen LogP contribution >= 0.6 is 0 Å². The Morgan fingerprint density at radius 1 is 0.852 bits per heavy atom. The first-order chi connectivity index (χ1) is 12.3. The molecule has 0 saturated carbocycles. The van der Waals surface area contributed by atoms with Gasteiger partial charge < -0.3 is 14.2 Å². The normalized spacial score (nSPS) is 12.0. The number of hydrogen-bond donors (Lipinski definition) is 0. The Balaban J connectivity index is 2.63. The van der Waals surface area contributed by atoms with Crippen LogP contribution in [0.25, 0.3) is 10.9 Å². The molecular weight excluding hydrogens is 350 g/mol. The monoisotopic (exact) mass is 375 g/mol. The van der Waals surface area contributed by atoms with E-state index in [-0.39, 0.29) is 5.69 Å². The van der Waals surface area contributed by atoms with Crippen molar-refractivity contribution in [3.63, 3.8) is 0 Å². The summed E-state index contributed by atoms with van der Waals surface area (Å²) < 4.78 is 16.7. The van der Waals surface area contributed by atoms with Gasteiger partial charge in [0.05, 0.1) is 18.2 Å². The zero-order valence-electron chi connectivity index (χ0n) is 16.7. The molecule has 0 fully saturated rings. The number of methoxy groups -OCH3 is 1. The van der Waals surface area contributed by atoms with Crippen LogP contribution in [0.2, 0.25) is 0 Å². The first kappa shape index (κ1) is 20.5. The zero-order valence-corrected chi connectivity index (χ0v) is 16.7. The van der Waals surface area contributed by atoms with Gasteiger partial charge >= 0.3 is 18.0 Å². The molecule has 0 unspecified atom stereocenters. The molecule has 146 valence electrons. The lowest BCUT2D eigenvalue weighted by atomic mass is 10.1. The molecule has 7 heteroatoms. The molecular formula is C20H25NO6. The lowest BCUT2D eigenvalue weighted by molar-refractivity contribution is 0.00499. The fourth-order valence-electron chi connectivity index (χ4n) is 2.45. The second kappa shape index (κ2) is 7.06. The van der Waals surface area contributed by atoms with Gasteiger partial charge in [-0.2, -0.15) is 0 Å². The van der Waals surface area contributed by atoms with E-state index in [0.29, 0.717) is 16.5 Å². The molecule has 0 atom stereocenters. The number of aromatic nitrogens is 1. The number of nitrogens with zero attached hydrogens (tertiary/aromatic N) is 1. The summed E-state index contributed by atoms with van der Waals surface area (Å²) in [6, 6.07) is 6.14. The predicted molar refractivity (Wildman–Crippen MR) is 100 cm³/mol. The quantitative estimate of drug-likeness (QED) is 0.579. The van der Waals surface area contributed by atoms with Gasteiger partial charge in [-0.25, -0.2) is 19.0 Å². The first-order valence-corrected chi connectivity index (χ1v) is 8.53. The van der Waals surface area contributed by atoms with E-state index in [1.807, 2.05) is 0 Å². The van der Waals surface area contributed by atoms with E-state index < -0.39 is 29.2 Å². The molecule has 2 aromatic rings. The van der Waals surface area contributed by atoms with Crippen LogP contribution in [0.3, 0.4) is 0 Å². The topological polar surface area (TPSA) is 83.8 Å². The van der Waals surface area contributed by atoms with E-state index in [9.17, 15) is 14.4 Å². The summed E-state index contributed by atoms with van der Waals surface area (Å²) in [5, 5.41) is 0.518. The van der Waals surface area contributed by atoms with Gasteiger partial charge in [0.1, 0.15) is 16.9 Å². The van der Waals surface area contributed by atoms with E-state index in [1.165, 1.54) is 19.2 Å². The van der Waals surface area contributed by atoms with Crippen molar-refractivity contribution in [3.05, 3.63) is 35.5 Å². The summed E-state index contributed by atoms with van der Waals surface area (Å²) in [5.41, 5.74) is -0.718. The minimum atomic E-state index is -0.745. The molecule has 1 heterocycles. The second-order valence-electron chi connectivity index (χ2n) is 8.11. The van der Waals surface area contributed by atoms with Gasteiger partial charge in [-0.3, -0.25) is 0 Å². The molecule has 1 aromatic carbocycles. The van der Waals surface area contributed by atoms with E-state index in [1.54, 1.807) is 53.7 Å². The number of carbonyl (C=O) groups is 3. The first-order valence-electron chi connectivity index (χ1n) is 8.53. The number of rotatable bonds is 2. The Kier molecular flexibility index (Phi) is 5.35. The number of carbonyl (C=O) groups excluding carboxylic acids is 3. The number of esters is 2. The number of benzene rings is 1. The standard InChI is InChI=1S/C20H25NO6/c1-19(2,3)26-17(23)15-11-13-10-12(16(22)25-7)8-9-14(13)21(15)18(24)27-20(4,5)6/h8-11H,1-7H3. The Labute approximate surface area is 158 Å². The summed E-state index contributed by atoms with van der Waals surface area (Å²) in [5.74, 6) is -1.18. The van der Waals surface area contributed by atoms with Crippen molar-refractivity contribution in [1.29, 1.82) is 0 Å². The number of fused-ring (bicyclic) bond motifs is 1. The maximum Gasteiger partial charge on any atom is 0.419 e. The fraction of sp³-hybridized carbons (Fsp3) is 0.450. The van der Waals surface area contributed by atoms with Crippen molar-refractivity contribution < 1.29 is 28.6 Å². The molecule has 1 aromatic heterocycles. The smallest absolute Gasteiger partial charge is 0.419 e. The largest absolute Gasteiger partial charge is 0.465 e. The van der Waals surface area contributed by atoms with Gasteiger partial charge in [-0.1, -0.05) is 0 Å². The van der Waals surface area contributed by atoms with Gasteiger partial charge in [0, 0.05) is 5.39 Å². The lowest BCUT2D eigenvalue weighted by Gasteiger charge is -2.22. The summed E-state index contributed by atoms with van der Waals surface area (Å²) in [6.45, 7) is 10.4. The van der Waals surface area contributed by atoms with Crippen LogP contribution in [0.4, 0.5) is 4.79 Å². The number of hydrogen-bond acceptors (Lipinski definition) is 6. The molecule has 0 aliphatic rings. The molecule has 0 spiro atoms. The van der Waals surface area contributed by atoms with E-state index in [4.69, 9.17) is 14.2 Å². The van der Waals surface area contributed by atoms with Gasteiger partial charge in [-0.05, 0) is 65.8 Å². The number of ether oxygens (including phenoxy) is 3. The molecule has 7 nitrogen and oxygen atoms in total. The molecule has 0 bridgehead atoms. The Hall–Kier alpha value is -2.83. The van der Waals surface area contributed by atoms with Crippen molar-refractivity contribution in [1.82, 2.24) is 4.57 Å². The molecule has 0 aliphatic heterocycles. The van der Waals surface area contributed by atoms with Crippen LogP contribution in [-0.2, 0) is 14.2 Å². The van der Waals surface area contributed by atoms with E-state index in [2.05, 4.69) is 0 Å². The lowest BCUT2D eigenvalue weighted by Crippen LogP contribution is -2.31. The maximum absolute atomic E-state index is 12.7. The molecule has 2 rings (SSSR count). The van der Waals surface area contributed by atoms with E-state index >= 15 is 0 Å². The molecule has 0 amide bonds. The predicted octanol–water partition coefficient (Wildman–Crippen LogP) is 4.17. The molecule has 0 radical (unpaired) electrons. The highest BCUT2D eigenvalue weighted by molar-refractivity contribution is 6.03. The Bertz CT molecular complexity index is 896. The van der Waals surface area contributed by atoms with Crippen LogP contribution in [0.1, 0.15) is 62.4 Å². The third kappa shape index (κ3) is 4.87. The van der Waals surface area contributed by atoms with Crippen LogP contribution < -0.4 is 0 Å². The molecule has 27 heavy (non-hydrogen) atoms. The van der Waals surface area contributed by atoms with Crippen molar-refractivity contribution >= 4 is 28.9 Å². The SMILES string of the molecule is COC(=O)c1ccc2c(c1)cc(C(=O)OC(C)(C)C)n2C(=O)OC(C)(C)C. The minimum absolute atomic E-state index is 0.0243. The van der Waals surface area contributed by atoms with Crippen molar-refractivity contribution in [2.24, 2.45) is 0 Å². The Morgan fingerprint density at radius 3 is 1.96 bits per heavy atom. The van der Waals surface area contributed by atoms with Crippen LogP contribution in [-0.4, -0.2) is 40.9 Å². The van der Waals surface area contributed by atoms with Crippen LogP contribution in [0, 0.1) is 0 Å². The third-order valence-electron chi connectivity index (χ3n) is 3.41. The van der Waals surface area contributed by atoms with Crippen LogP contribution in [0.15, 0.2) is 24.3 Å². The second-order valence-corrected chi connectivity index (χ2v) is 8.11. The highest BCUT2D eigenvalue weighted by atomic mass is 16.6. The average Bonchev–Trinajstić information content (AvgIpc) is 2.89.